The van der Waals surface area contributed by atoms with Gasteiger partial charge in [-0.25, -0.2) is 4.98 Å². The van der Waals surface area contributed by atoms with Crippen LogP contribution in [0.4, 0.5) is 11.5 Å². The highest BCUT2D eigenvalue weighted by Crippen LogP contribution is 2.42. The Kier molecular flexibility index (Phi) is 5.09. The first kappa shape index (κ1) is 21.3. The molecule has 0 spiro atoms. The fourth-order valence-corrected chi connectivity index (χ4v) is 4.41. The van der Waals surface area contributed by atoms with Gasteiger partial charge in [-0.3, -0.25) is 24.6 Å². The SMILES string of the molecule is CC1Cc2cc(/C(O)=C3\C(=O)C(=O)N(c4ccccn4)C3c3cccc([N+](=O)[O-])c3)ccc2O1. The number of rotatable bonds is 4. The van der Waals surface area contributed by atoms with E-state index in [9.17, 15) is 24.8 Å². The molecule has 3 aromatic rings. The summed E-state index contributed by atoms with van der Waals surface area (Å²) in [7, 11) is 0. The number of carbonyl (C=O) groups excluding carboxylic acids is 2. The first-order chi connectivity index (χ1) is 16.3. The Morgan fingerprint density at radius 2 is 1.97 bits per heavy atom. The van der Waals surface area contributed by atoms with Crippen molar-refractivity contribution in [2.75, 3.05) is 4.90 Å². The van der Waals surface area contributed by atoms with E-state index < -0.39 is 22.7 Å². The lowest BCUT2D eigenvalue weighted by molar-refractivity contribution is -0.384. The predicted octanol–water partition coefficient (Wildman–Crippen LogP) is 3.94. The van der Waals surface area contributed by atoms with Crippen molar-refractivity contribution in [3.05, 3.63) is 99.2 Å². The van der Waals surface area contributed by atoms with E-state index in [1.807, 2.05) is 6.92 Å². The van der Waals surface area contributed by atoms with Crippen molar-refractivity contribution in [1.82, 2.24) is 4.98 Å². The van der Waals surface area contributed by atoms with E-state index in [2.05, 4.69) is 4.98 Å². The summed E-state index contributed by atoms with van der Waals surface area (Å²) in [5.41, 5.74) is 1.17. The number of Topliss-reactive ketones (excluding diaryl/α,β-unsaturated/α-hetero) is 1. The van der Waals surface area contributed by atoms with E-state index >= 15 is 0 Å². The first-order valence-electron chi connectivity index (χ1n) is 10.6. The van der Waals surface area contributed by atoms with Gasteiger partial charge in [0.15, 0.2) is 0 Å². The second-order valence-electron chi connectivity index (χ2n) is 8.16. The van der Waals surface area contributed by atoms with Crippen LogP contribution < -0.4 is 9.64 Å². The highest BCUT2D eigenvalue weighted by Gasteiger charge is 2.47. The summed E-state index contributed by atoms with van der Waals surface area (Å²) in [5.74, 6) is -1.25. The van der Waals surface area contributed by atoms with Crippen LogP contribution in [0.2, 0.25) is 0 Å². The van der Waals surface area contributed by atoms with Crippen molar-refractivity contribution in [1.29, 1.82) is 0 Å². The van der Waals surface area contributed by atoms with Gasteiger partial charge >= 0.3 is 5.91 Å². The molecule has 1 aromatic heterocycles. The number of nitro benzene ring substituents is 1. The Morgan fingerprint density at radius 3 is 2.71 bits per heavy atom. The van der Waals surface area contributed by atoms with Gasteiger partial charge < -0.3 is 9.84 Å². The number of nitro groups is 1. The Morgan fingerprint density at radius 1 is 1.15 bits per heavy atom. The summed E-state index contributed by atoms with van der Waals surface area (Å²) in [6, 6.07) is 14.5. The number of anilines is 1. The summed E-state index contributed by atoms with van der Waals surface area (Å²) in [6.45, 7) is 1.93. The normalized spacial score (nSPS) is 20.8. The van der Waals surface area contributed by atoms with Crippen LogP contribution in [0.5, 0.6) is 5.75 Å². The van der Waals surface area contributed by atoms with Crippen LogP contribution in [-0.4, -0.2) is 32.8 Å². The number of hydrogen-bond donors (Lipinski definition) is 1. The Labute approximate surface area is 194 Å². The van der Waals surface area contributed by atoms with E-state index in [0.29, 0.717) is 23.3 Å². The van der Waals surface area contributed by atoms with E-state index in [1.165, 1.54) is 24.4 Å². The monoisotopic (exact) mass is 457 g/mol. The summed E-state index contributed by atoms with van der Waals surface area (Å²) >= 11 is 0. The van der Waals surface area contributed by atoms with Crippen LogP contribution in [0.25, 0.3) is 5.76 Å². The number of benzene rings is 2. The average Bonchev–Trinajstić information content (AvgIpc) is 3.34. The number of ketones is 1. The van der Waals surface area contributed by atoms with Crippen molar-refractivity contribution in [2.45, 2.75) is 25.5 Å². The molecule has 0 radical (unpaired) electrons. The van der Waals surface area contributed by atoms with E-state index in [1.54, 1.807) is 42.5 Å². The van der Waals surface area contributed by atoms with Crippen LogP contribution >= 0.6 is 0 Å². The third kappa shape index (κ3) is 3.47. The molecule has 1 fully saturated rings. The van der Waals surface area contributed by atoms with Gasteiger partial charge in [0.2, 0.25) is 0 Å². The number of pyridine rings is 1. The molecule has 1 N–H and O–H groups in total. The molecular weight excluding hydrogens is 438 g/mol. The van der Waals surface area contributed by atoms with Gasteiger partial charge in [0.05, 0.1) is 16.5 Å². The molecule has 2 atom stereocenters. The fraction of sp³-hybridized carbons (Fsp3) is 0.160. The van der Waals surface area contributed by atoms with Gasteiger partial charge in [-0.15, -0.1) is 0 Å². The summed E-state index contributed by atoms with van der Waals surface area (Å²) in [4.78, 5) is 42.5. The average molecular weight is 457 g/mol. The molecule has 3 heterocycles. The minimum absolute atomic E-state index is 0.00741. The molecule has 9 heteroatoms. The van der Waals surface area contributed by atoms with Gasteiger partial charge in [0.1, 0.15) is 23.4 Å². The Hall–Kier alpha value is -4.53. The maximum Gasteiger partial charge on any atom is 0.301 e. The number of aromatic nitrogens is 1. The Balaban J connectivity index is 1.71. The third-order valence-corrected chi connectivity index (χ3v) is 5.91. The smallest absolute Gasteiger partial charge is 0.301 e. The van der Waals surface area contributed by atoms with Crippen molar-refractivity contribution in [3.63, 3.8) is 0 Å². The summed E-state index contributed by atoms with van der Waals surface area (Å²) < 4.78 is 5.71. The Bertz CT molecular complexity index is 1370. The standard InChI is InChI=1S/C25H19N3O6/c1-14-11-17-12-16(8-9-19(17)34-14)23(29)21-22(15-5-4-6-18(13-15)28(32)33)27(25(31)24(21)30)20-7-2-3-10-26-20/h2-10,12-14,22,29H,11H2,1H3/b23-21+. The van der Waals surface area contributed by atoms with E-state index in [-0.39, 0.29) is 28.9 Å². The lowest BCUT2D eigenvalue weighted by atomic mass is 9.94. The number of nitrogens with zero attached hydrogens (tertiary/aromatic N) is 3. The summed E-state index contributed by atoms with van der Waals surface area (Å²) in [5, 5.41) is 22.7. The largest absolute Gasteiger partial charge is 0.507 e. The van der Waals surface area contributed by atoms with Crippen LogP contribution in [0.1, 0.15) is 29.7 Å². The minimum Gasteiger partial charge on any atom is -0.507 e. The number of amides is 1. The van der Waals surface area contributed by atoms with Gasteiger partial charge in [0, 0.05) is 30.3 Å². The van der Waals surface area contributed by atoms with E-state index in [0.717, 1.165) is 10.5 Å². The van der Waals surface area contributed by atoms with Crippen LogP contribution in [0.3, 0.4) is 0 Å². The second-order valence-corrected chi connectivity index (χ2v) is 8.16. The number of aliphatic hydroxyl groups excluding tert-OH is 1. The van der Waals surface area contributed by atoms with Crippen molar-refractivity contribution < 1.29 is 24.4 Å². The maximum atomic E-state index is 13.2. The molecule has 2 unspecified atom stereocenters. The quantitative estimate of drug-likeness (QED) is 0.207. The zero-order valence-corrected chi connectivity index (χ0v) is 18.0. The maximum absolute atomic E-state index is 13.2. The third-order valence-electron chi connectivity index (χ3n) is 5.91. The highest BCUT2D eigenvalue weighted by atomic mass is 16.6. The van der Waals surface area contributed by atoms with Crippen LogP contribution in [0.15, 0.2) is 72.4 Å². The van der Waals surface area contributed by atoms with Crippen LogP contribution in [0, 0.1) is 10.1 Å². The number of carbonyl (C=O) groups is 2. The molecule has 0 bridgehead atoms. The first-order valence-corrected chi connectivity index (χ1v) is 10.6. The van der Waals surface area contributed by atoms with Crippen molar-refractivity contribution in [3.8, 4) is 5.75 Å². The molecule has 170 valence electrons. The lowest BCUT2D eigenvalue weighted by Gasteiger charge is -2.24. The number of aliphatic hydroxyl groups is 1. The molecule has 5 rings (SSSR count). The molecule has 0 aliphatic carbocycles. The molecule has 1 amide bonds. The molecule has 2 aliphatic rings. The number of non-ortho nitro benzene ring substituents is 1. The van der Waals surface area contributed by atoms with Gasteiger partial charge in [0.25, 0.3) is 11.5 Å². The van der Waals surface area contributed by atoms with Crippen LogP contribution in [-0.2, 0) is 16.0 Å². The van der Waals surface area contributed by atoms with Gasteiger partial charge in [-0.1, -0.05) is 18.2 Å². The van der Waals surface area contributed by atoms with Crippen molar-refractivity contribution in [2.24, 2.45) is 0 Å². The molecule has 2 aromatic carbocycles. The van der Waals surface area contributed by atoms with Crippen molar-refractivity contribution >= 4 is 29.0 Å². The fourth-order valence-electron chi connectivity index (χ4n) is 4.41. The minimum atomic E-state index is -1.10. The number of hydrogen-bond acceptors (Lipinski definition) is 7. The molecule has 9 nitrogen and oxygen atoms in total. The highest BCUT2D eigenvalue weighted by molar-refractivity contribution is 6.51. The zero-order valence-electron chi connectivity index (χ0n) is 18.0. The van der Waals surface area contributed by atoms with Gasteiger partial charge in [-0.05, 0) is 48.4 Å². The molecule has 34 heavy (non-hydrogen) atoms. The second kappa shape index (κ2) is 8.11. The number of fused-ring (bicyclic) bond motifs is 1. The molecular formula is C25H19N3O6. The van der Waals surface area contributed by atoms with Gasteiger partial charge in [-0.2, -0.15) is 0 Å². The lowest BCUT2D eigenvalue weighted by Crippen LogP contribution is -2.30. The number of ether oxygens (including phenoxy) is 1. The predicted molar refractivity (Wildman–Crippen MR) is 122 cm³/mol. The summed E-state index contributed by atoms with van der Waals surface area (Å²) in [6.07, 6.45) is 2.11. The molecule has 2 aliphatic heterocycles. The molecule has 1 saturated heterocycles. The zero-order chi connectivity index (χ0) is 24.0. The van der Waals surface area contributed by atoms with E-state index in [4.69, 9.17) is 4.74 Å². The topological polar surface area (TPSA) is 123 Å². The molecule has 0 saturated carbocycles.